The average Bonchev–Trinajstić information content (AvgIpc) is 2.94. The number of nitrogens with zero attached hydrogens (tertiary/aromatic N) is 4. The number of aryl methyl sites for hydroxylation is 1. The van der Waals surface area contributed by atoms with Gasteiger partial charge in [-0.25, -0.2) is 15.0 Å². The van der Waals surface area contributed by atoms with Crippen LogP contribution in [0.4, 0.5) is 5.82 Å². The number of thiazole rings is 1. The fraction of sp³-hybridized carbons (Fsp3) is 0.182. The van der Waals surface area contributed by atoms with Crippen LogP contribution in [0.5, 0.6) is 0 Å². The highest BCUT2D eigenvalue weighted by Gasteiger charge is 2.07. The normalized spacial score (nSPS) is 11.0. The first-order valence-corrected chi connectivity index (χ1v) is 7.04. The van der Waals surface area contributed by atoms with Gasteiger partial charge in [-0.1, -0.05) is 0 Å². The lowest BCUT2D eigenvalue weighted by molar-refractivity contribution is 1.03. The molecule has 0 fully saturated rings. The van der Waals surface area contributed by atoms with E-state index in [0.717, 1.165) is 26.8 Å². The van der Waals surface area contributed by atoms with E-state index in [9.17, 15) is 0 Å². The van der Waals surface area contributed by atoms with Crippen molar-refractivity contribution in [2.24, 2.45) is 0 Å². The van der Waals surface area contributed by atoms with Gasteiger partial charge in [0.25, 0.3) is 0 Å². The van der Waals surface area contributed by atoms with Crippen LogP contribution in [-0.2, 0) is 6.54 Å². The van der Waals surface area contributed by atoms with Gasteiger partial charge in [0, 0.05) is 29.7 Å². The molecule has 3 heterocycles. The van der Waals surface area contributed by atoms with Crippen molar-refractivity contribution in [1.29, 1.82) is 0 Å². The number of rotatable bonds is 3. The second kappa shape index (κ2) is 4.66. The second-order valence-electron chi connectivity index (χ2n) is 3.81. The topological polar surface area (TPSA) is 55.1 Å². The zero-order valence-corrected chi connectivity index (χ0v) is 12.0. The van der Waals surface area contributed by atoms with Crippen molar-refractivity contribution in [1.82, 2.24) is 19.4 Å². The molecule has 5 nitrogen and oxygen atoms in total. The van der Waals surface area contributed by atoms with Gasteiger partial charge in [-0.15, -0.1) is 11.3 Å². The predicted molar refractivity (Wildman–Crippen MR) is 74.9 cm³/mol. The van der Waals surface area contributed by atoms with Crippen molar-refractivity contribution in [2.45, 2.75) is 13.5 Å². The Morgan fingerprint density at radius 3 is 3.11 bits per heavy atom. The number of hydrogen-bond donors (Lipinski definition) is 1. The quantitative estimate of drug-likeness (QED) is 0.805. The summed E-state index contributed by atoms with van der Waals surface area (Å²) in [5, 5.41) is 6.35. The van der Waals surface area contributed by atoms with Crippen LogP contribution in [0, 0.1) is 6.92 Å². The summed E-state index contributed by atoms with van der Waals surface area (Å²) in [7, 11) is 0. The molecule has 0 aliphatic rings. The van der Waals surface area contributed by atoms with Crippen molar-refractivity contribution in [3.8, 4) is 0 Å². The molecule has 0 unspecified atom stereocenters. The maximum absolute atomic E-state index is 4.41. The van der Waals surface area contributed by atoms with Crippen LogP contribution in [0.25, 0.3) is 5.65 Å². The molecular formula is C11H10BrN5S. The van der Waals surface area contributed by atoms with Gasteiger partial charge in [-0.3, -0.25) is 0 Å². The van der Waals surface area contributed by atoms with Crippen LogP contribution in [-0.4, -0.2) is 19.4 Å². The molecule has 1 N–H and O–H groups in total. The number of hydrogen-bond acceptors (Lipinski definition) is 5. The first-order chi connectivity index (χ1) is 8.72. The summed E-state index contributed by atoms with van der Waals surface area (Å²) in [6.45, 7) is 2.65. The van der Waals surface area contributed by atoms with Gasteiger partial charge in [0.05, 0.1) is 6.54 Å². The Morgan fingerprint density at radius 2 is 2.33 bits per heavy atom. The first kappa shape index (κ1) is 11.6. The lowest BCUT2D eigenvalue weighted by atomic mass is 10.5. The molecule has 0 spiro atoms. The maximum atomic E-state index is 4.41. The minimum Gasteiger partial charge on any atom is -0.360 e. The summed E-state index contributed by atoms with van der Waals surface area (Å²) < 4.78 is 2.69. The number of nitrogens with one attached hydrogen (secondary N) is 1. The molecule has 0 radical (unpaired) electrons. The van der Waals surface area contributed by atoms with Crippen molar-refractivity contribution < 1.29 is 0 Å². The lowest BCUT2D eigenvalue weighted by Gasteiger charge is -2.05. The van der Waals surface area contributed by atoms with Crippen molar-refractivity contribution in [3.63, 3.8) is 0 Å². The smallest absolute Gasteiger partial charge is 0.180 e. The van der Waals surface area contributed by atoms with Crippen molar-refractivity contribution in [3.05, 3.63) is 39.3 Å². The molecule has 7 heteroatoms. The monoisotopic (exact) mass is 323 g/mol. The number of imidazole rings is 1. The van der Waals surface area contributed by atoms with E-state index in [1.54, 1.807) is 17.5 Å². The maximum Gasteiger partial charge on any atom is 0.180 e. The zero-order valence-electron chi connectivity index (χ0n) is 9.59. The van der Waals surface area contributed by atoms with Gasteiger partial charge in [0.2, 0.25) is 0 Å². The van der Waals surface area contributed by atoms with Crippen LogP contribution in [0.1, 0.15) is 10.7 Å². The highest BCUT2D eigenvalue weighted by Crippen LogP contribution is 2.18. The fourth-order valence-electron chi connectivity index (χ4n) is 1.66. The van der Waals surface area contributed by atoms with E-state index in [1.165, 1.54) is 0 Å². The Labute approximate surface area is 116 Å². The van der Waals surface area contributed by atoms with Crippen LogP contribution < -0.4 is 5.32 Å². The van der Waals surface area contributed by atoms with Gasteiger partial charge in [-0.05, 0) is 22.9 Å². The average molecular weight is 324 g/mol. The van der Waals surface area contributed by atoms with E-state index in [4.69, 9.17) is 0 Å². The summed E-state index contributed by atoms with van der Waals surface area (Å²) in [6.07, 6.45) is 5.52. The Kier molecular flexibility index (Phi) is 3.00. The molecule has 3 rings (SSSR count). The third kappa shape index (κ3) is 2.23. The van der Waals surface area contributed by atoms with E-state index >= 15 is 0 Å². The third-order valence-corrected chi connectivity index (χ3v) is 3.77. The van der Waals surface area contributed by atoms with Gasteiger partial charge < -0.3 is 9.72 Å². The molecule has 0 saturated carbocycles. The van der Waals surface area contributed by atoms with Gasteiger partial charge in [0.1, 0.15) is 9.61 Å². The predicted octanol–water partition coefficient (Wildman–Crippen LogP) is 2.87. The third-order valence-electron chi connectivity index (χ3n) is 2.42. The molecular weight excluding hydrogens is 314 g/mol. The van der Waals surface area contributed by atoms with E-state index in [-0.39, 0.29) is 0 Å². The molecule has 0 aromatic carbocycles. The highest BCUT2D eigenvalue weighted by molar-refractivity contribution is 9.10. The van der Waals surface area contributed by atoms with E-state index in [1.807, 2.05) is 29.1 Å². The van der Waals surface area contributed by atoms with Crippen LogP contribution in [0.2, 0.25) is 0 Å². The molecule has 0 bridgehead atoms. The number of anilines is 1. The number of halogens is 1. The molecule has 0 saturated heterocycles. The molecule has 18 heavy (non-hydrogen) atoms. The van der Waals surface area contributed by atoms with E-state index < -0.39 is 0 Å². The first-order valence-electron chi connectivity index (χ1n) is 5.36. The van der Waals surface area contributed by atoms with Crippen LogP contribution in [0.15, 0.2) is 28.6 Å². The zero-order chi connectivity index (χ0) is 12.5. The highest BCUT2D eigenvalue weighted by atomic mass is 79.9. The van der Waals surface area contributed by atoms with E-state index in [2.05, 4.69) is 36.2 Å². The van der Waals surface area contributed by atoms with Crippen LogP contribution in [0.3, 0.4) is 0 Å². The standard InChI is InChI=1S/C11H10BrN5S/c1-7-6-18-9(15-7)4-14-10-11-13-2-3-17(11)5-8(12)16-10/h2-3,5-6H,4H2,1H3,(H,14,16). The van der Waals surface area contributed by atoms with Gasteiger partial charge >= 0.3 is 0 Å². The van der Waals surface area contributed by atoms with Gasteiger partial charge in [-0.2, -0.15) is 0 Å². The number of fused-ring (bicyclic) bond motifs is 1. The second-order valence-corrected chi connectivity index (χ2v) is 5.56. The molecule has 3 aromatic heterocycles. The molecule has 0 aliphatic carbocycles. The summed E-state index contributed by atoms with van der Waals surface area (Å²) in [6, 6.07) is 0. The Hall–Kier alpha value is -1.47. The molecule has 0 atom stereocenters. The minimum absolute atomic E-state index is 0.657. The van der Waals surface area contributed by atoms with E-state index in [0.29, 0.717) is 6.54 Å². The molecule has 0 amide bonds. The summed E-state index contributed by atoms with van der Waals surface area (Å²) in [4.78, 5) is 13.1. The molecule has 92 valence electrons. The Morgan fingerprint density at radius 1 is 1.44 bits per heavy atom. The van der Waals surface area contributed by atoms with Gasteiger partial charge in [0.15, 0.2) is 11.5 Å². The van der Waals surface area contributed by atoms with Crippen molar-refractivity contribution >= 4 is 38.7 Å². The summed E-state index contributed by atoms with van der Waals surface area (Å²) >= 11 is 5.03. The summed E-state index contributed by atoms with van der Waals surface area (Å²) in [5.41, 5.74) is 1.86. The molecule has 3 aromatic rings. The lowest BCUT2D eigenvalue weighted by Crippen LogP contribution is -2.04. The fourth-order valence-corrected chi connectivity index (χ4v) is 2.77. The Balaban J connectivity index is 1.87. The largest absolute Gasteiger partial charge is 0.360 e. The number of aromatic nitrogens is 4. The SMILES string of the molecule is Cc1csc(CNc2nc(Br)cn3ccnc23)n1. The van der Waals surface area contributed by atoms with Crippen molar-refractivity contribution in [2.75, 3.05) is 5.32 Å². The summed E-state index contributed by atoms with van der Waals surface area (Å²) in [5.74, 6) is 0.752. The minimum atomic E-state index is 0.657. The Bertz CT molecular complexity index is 690. The molecule has 0 aliphatic heterocycles. The van der Waals surface area contributed by atoms with Crippen LogP contribution >= 0.6 is 27.3 Å².